The summed E-state index contributed by atoms with van der Waals surface area (Å²) in [5, 5.41) is 3.61. The summed E-state index contributed by atoms with van der Waals surface area (Å²) in [6.45, 7) is 10.2. The molecule has 3 heterocycles. The van der Waals surface area contributed by atoms with Gasteiger partial charge in [-0.1, -0.05) is 32.0 Å². The molecule has 34 heavy (non-hydrogen) atoms. The number of fused-ring (bicyclic) bond motifs is 1. The first kappa shape index (κ1) is 24.9. The number of benzene rings is 1. The van der Waals surface area contributed by atoms with Crippen molar-refractivity contribution in [1.82, 2.24) is 14.9 Å². The Balaban J connectivity index is 1.72. The summed E-state index contributed by atoms with van der Waals surface area (Å²) in [6.07, 6.45) is 1.93. The highest BCUT2D eigenvalue weighted by Gasteiger charge is 2.28. The number of anilines is 1. The molecule has 0 saturated carbocycles. The zero-order valence-corrected chi connectivity index (χ0v) is 22.1. The maximum absolute atomic E-state index is 13.5. The average Bonchev–Trinajstić information content (AvgIpc) is 3.60. The molecule has 0 atom stereocenters. The number of hydrogen-bond acceptors (Lipinski definition) is 7. The number of nitrogens with one attached hydrogen (secondary N) is 1. The van der Waals surface area contributed by atoms with Crippen LogP contribution in [-0.4, -0.2) is 56.1 Å². The molecule has 4 rings (SSSR count). The number of aromatic nitrogens is 2. The van der Waals surface area contributed by atoms with Crippen LogP contribution in [0.1, 0.15) is 25.6 Å². The van der Waals surface area contributed by atoms with Crippen LogP contribution in [-0.2, 0) is 21.3 Å². The fourth-order valence-corrected chi connectivity index (χ4v) is 7.31. The van der Waals surface area contributed by atoms with Crippen molar-refractivity contribution in [2.45, 2.75) is 31.5 Å². The van der Waals surface area contributed by atoms with Crippen molar-refractivity contribution in [2.24, 2.45) is 0 Å². The van der Waals surface area contributed by atoms with Crippen molar-refractivity contribution in [3.8, 4) is 10.7 Å². The first-order valence-electron chi connectivity index (χ1n) is 11.4. The van der Waals surface area contributed by atoms with E-state index in [9.17, 15) is 8.42 Å². The van der Waals surface area contributed by atoms with Crippen molar-refractivity contribution in [3.05, 3.63) is 52.9 Å². The Hall–Kier alpha value is -2.24. The topological polar surface area (TPSA) is 78.5 Å². The molecule has 0 unspecified atom stereocenters. The molecule has 0 radical (unpaired) electrons. The summed E-state index contributed by atoms with van der Waals surface area (Å²) in [4.78, 5) is 11.7. The Kier molecular flexibility index (Phi) is 8.05. The molecule has 0 fully saturated rings. The van der Waals surface area contributed by atoms with Gasteiger partial charge in [0.2, 0.25) is 0 Å². The Labute approximate surface area is 209 Å². The average molecular weight is 519 g/mol. The van der Waals surface area contributed by atoms with E-state index in [4.69, 9.17) is 4.74 Å². The molecule has 0 aliphatic carbocycles. The number of rotatable bonds is 12. The molecular formula is C24H30N4O3S3. The summed E-state index contributed by atoms with van der Waals surface area (Å²) in [5.41, 5.74) is 2.27. The highest BCUT2D eigenvalue weighted by molar-refractivity contribution is 7.94. The van der Waals surface area contributed by atoms with E-state index >= 15 is 0 Å². The molecule has 1 N–H and O–H groups in total. The van der Waals surface area contributed by atoms with E-state index in [1.807, 2.05) is 37.4 Å². The molecule has 0 bridgehead atoms. The molecule has 182 valence electrons. The first-order chi connectivity index (χ1) is 16.5. The van der Waals surface area contributed by atoms with Gasteiger partial charge < -0.3 is 9.72 Å². The van der Waals surface area contributed by atoms with Crippen LogP contribution in [0, 0.1) is 0 Å². The molecule has 0 aliphatic rings. The molecule has 3 aromatic heterocycles. The lowest BCUT2D eigenvalue weighted by Crippen LogP contribution is -2.34. The zero-order chi connectivity index (χ0) is 24.1. The van der Waals surface area contributed by atoms with E-state index in [2.05, 4.69) is 28.7 Å². The molecule has 0 saturated heterocycles. The van der Waals surface area contributed by atoms with Crippen molar-refractivity contribution < 1.29 is 13.2 Å². The number of thiophene rings is 1. The second kappa shape index (κ2) is 11.0. The number of para-hydroxylation sites is 1. The molecule has 4 aromatic rings. The largest absolute Gasteiger partial charge is 0.380 e. The van der Waals surface area contributed by atoms with Gasteiger partial charge in [-0.25, -0.2) is 13.4 Å². The van der Waals surface area contributed by atoms with Crippen LogP contribution in [0.4, 0.5) is 5.69 Å². The number of H-pyrrole nitrogens is 1. The summed E-state index contributed by atoms with van der Waals surface area (Å²) in [7, 11) is -3.72. The minimum Gasteiger partial charge on any atom is -0.380 e. The lowest BCUT2D eigenvalue weighted by Gasteiger charge is -2.24. The molecule has 1 aromatic carbocycles. The SMILES string of the molecule is CCOCCN(c1cccc2cc(-c3ncc(CN(CC)CC)s3)[nH]c12)S(=O)(=O)c1cccs1. The van der Waals surface area contributed by atoms with Crippen LogP contribution in [0.3, 0.4) is 0 Å². The summed E-state index contributed by atoms with van der Waals surface area (Å²) < 4.78 is 34.3. The van der Waals surface area contributed by atoms with Crippen LogP contribution in [0.5, 0.6) is 0 Å². The number of hydrogen-bond donors (Lipinski definition) is 1. The number of nitrogens with zero attached hydrogens (tertiary/aromatic N) is 3. The van der Waals surface area contributed by atoms with Gasteiger partial charge in [0.05, 0.1) is 30.0 Å². The third-order valence-electron chi connectivity index (χ3n) is 5.64. The third-order valence-corrected chi connectivity index (χ3v) is 9.84. The fourth-order valence-electron chi connectivity index (χ4n) is 3.82. The zero-order valence-electron chi connectivity index (χ0n) is 19.7. The van der Waals surface area contributed by atoms with E-state index in [-0.39, 0.29) is 6.54 Å². The standard InChI is InChI=1S/C24H30N4O3S3/c1-4-27(5-2)17-19-16-25-24(33-19)20-15-18-9-7-10-21(23(18)26-20)28(12-13-31-6-3)34(29,30)22-11-8-14-32-22/h7-11,14-16,26H,4-6,12-13,17H2,1-3H3. The number of sulfonamides is 1. The van der Waals surface area contributed by atoms with E-state index in [1.165, 1.54) is 20.5 Å². The van der Waals surface area contributed by atoms with Gasteiger partial charge in [0.25, 0.3) is 10.0 Å². The van der Waals surface area contributed by atoms with E-state index < -0.39 is 10.0 Å². The summed E-state index contributed by atoms with van der Waals surface area (Å²) in [5.74, 6) is 0. The highest BCUT2D eigenvalue weighted by Crippen LogP contribution is 2.35. The van der Waals surface area contributed by atoms with Gasteiger partial charge in [0.15, 0.2) is 0 Å². The number of thiazole rings is 1. The molecule has 7 nitrogen and oxygen atoms in total. The lowest BCUT2D eigenvalue weighted by atomic mass is 10.2. The van der Waals surface area contributed by atoms with Gasteiger partial charge in [-0.05, 0) is 43.6 Å². The normalized spacial score (nSPS) is 12.1. The van der Waals surface area contributed by atoms with Gasteiger partial charge >= 0.3 is 0 Å². The Morgan fingerprint density at radius 3 is 2.65 bits per heavy atom. The minimum atomic E-state index is -3.72. The van der Waals surface area contributed by atoms with Crippen molar-refractivity contribution in [1.29, 1.82) is 0 Å². The predicted molar refractivity (Wildman–Crippen MR) is 141 cm³/mol. The van der Waals surface area contributed by atoms with Gasteiger partial charge in [-0.15, -0.1) is 22.7 Å². The molecule has 0 aliphatic heterocycles. The molecule has 10 heteroatoms. The van der Waals surface area contributed by atoms with E-state index in [1.54, 1.807) is 28.8 Å². The van der Waals surface area contributed by atoms with Crippen LogP contribution in [0.2, 0.25) is 0 Å². The summed E-state index contributed by atoms with van der Waals surface area (Å²) >= 11 is 2.88. The second-order valence-electron chi connectivity index (χ2n) is 7.72. The smallest absolute Gasteiger partial charge is 0.273 e. The molecule has 0 spiro atoms. The third kappa shape index (κ3) is 5.21. The van der Waals surface area contributed by atoms with E-state index in [0.717, 1.165) is 41.2 Å². The second-order valence-corrected chi connectivity index (χ2v) is 11.9. The predicted octanol–water partition coefficient (Wildman–Crippen LogP) is 5.43. The van der Waals surface area contributed by atoms with Crippen molar-refractivity contribution >= 4 is 49.3 Å². The van der Waals surface area contributed by atoms with E-state index in [0.29, 0.717) is 23.1 Å². The Morgan fingerprint density at radius 1 is 1.12 bits per heavy atom. The quantitative estimate of drug-likeness (QED) is 0.253. The van der Waals surface area contributed by atoms with Crippen LogP contribution in [0.25, 0.3) is 21.6 Å². The highest BCUT2D eigenvalue weighted by atomic mass is 32.2. The Bertz CT molecular complexity index is 1310. The molecular weight excluding hydrogens is 488 g/mol. The van der Waals surface area contributed by atoms with Gasteiger partial charge in [0.1, 0.15) is 9.22 Å². The van der Waals surface area contributed by atoms with Crippen molar-refractivity contribution in [3.63, 3.8) is 0 Å². The van der Waals surface area contributed by atoms with Crippen LogP contribution < -0.4 is 4.31 Å². The van der Waals surface area contributed by atoms with Crippen molar-refractivity contribution in [2.75, 3.05) is 37.2 Å². The fraction of sp³-hybridized carbons (Fsp3) is 0.375. The van der Waals surface area contributed by atoms with Crippen LogP contribution in [0.15, 0.2) is 52.2 Å². The van der Waals surface area contributed by atoms with Gasteiger partial charge in [-0.3, -0.25) is 9.21 Å². The summed E-state index contributed by atoms with van der Waals surface area (Å²) in [6, 6.07) is 11.2. The van der Waals surface area contributed by atoms with Crippen LogP contribution >= 0.6 is 22.7 Å². The minimum absolute atomic E-state index is 0.229. The maximum Gasteiger partial charge on any atom is 0.273 e. The lowest BCUT2D eigenvalue weighted by molar-refractivity contribution is 0.156. The first-order valence-corrected chi connectivity index (χ1v) is 14.5. The molecule has 0 amide bonds. The van der Waals surface area contributed by atoms with Gasteiger partial charge in [-0.2, -0.15) is 0 Å². The van der Waals surface area contributed by atoms with Gasteiger partial charge in [0, 0.05) is 29.6 Å². The maximum atomic E-state index is 13.5. The Morgan fingerprint density at radius 2 is 1.94 bits per heavy atom. The monoisotopic (exact) mass is 518 g/mol. The number of aromatic amines is 1. The number of ether oxygens (including phenoxy) is 1.